The topological polar surface area (TPSA) is 34.9 Å². The number of aryl methyl sites for hydroxylation is 1. The van der Waals surface area contributed by atoms with E-state index in [0.717, 1.165) is 22.0 Å². The quantitative estimate of drug-likeness (QED) is 0.701. The Morgan fingerprint density at radius 2 is 1.58 bits per heavy atom. The number of hydrogen-bond acceptors (Lipinski definition) is 2. The van der Waals surface area contributed by atoms with Crippen LogP contribution in [0.2, 0.25) is 0 Å². The largest absolute Gasteiger partial charge is 0.274 e. The van der Waals surface area contributed by atoms with E-state index in [4.69, 9.17) is 0 Å². The molecule has 3 heteroatoms. The van der Waals surface area contributed by atoms with Gasteiger partial charge in [0.1, 0.15) is 0 Å². The minimum atomic E-state index is -0.0370. The normalized spacial score (nSPS) is 10.8. The van der Waals surface area contributed by atoms with Crippen molar-refractivity contribution < 1.29 is 0 Å². The second-order valence-electron chi connectivity index (χ2n) is 4.58. The Balaban J connectivity index is 2.15. The monoisotopic (exact) mass is 250 g/mol. The van der Waals surface area contributed by atoms with Gasteiger partial charge in [-0.3, -0.25) is 4.79 Å². The van der Waals surface area contributed by atoms with E-state index in [-0.39, 0.29) is 5.56 Å². The summed E-state index contributed by atoms with van der Waals surface area (Å²) in [7, 11) is 0. The molecule has 0 saturated carbocycles. The van der Waals surface area contributed by atoms with Crippen molar-refractivity contribution in [2.45, 2.75) is 13.5 Å². The highest BCUT2D eigenvalue weighted by Crippen LogP contribution is 2.12. The number of rotatable bonds is 2. The summed E-state index contributed by atoms with van der Waals surface area (Å²) in [6.07, 6.45) is 0. The zero-order valence-corrected chi connectivity index (χ0v) is 10.7. The lowest BCUT2D eigenvalue weighted by molar-refractivity contribution is 0.638. The van der Waals surface area contributed by atoms with Crippen LogP contribution in [0.1, 0.15) is 11.3 Å². The first-order valence-electron chi connectivity index (χ1n) is 6.26. The SMILES string of the molecule is Cc1nn(Cc2ccccc2)c(=O)c2ccccc12. The number of hydrogen-bond donors (Lipinski definition) is 0. The maximum absolute atomic E-state index is 12.4. The molecule has 3 rings (SSSR count). The van der Waals surface area contributed by atoms with Crippen LogP contribution in [0.4, 0.5) is 0 Å². The summed E-state index contributed by atoms with van der Waals surface area (Å²) in [5, 5.41) is 6.06. The molecule has 3 nitrogen and oxygen atoms in total. The summed E-state index contributed by atoms with van der Waals surface area (Å²) in [5.41, 5.74) is 1.92. The molecule has 0 atom stereocenters. The Morgan fingerprint density at radius 3 is 2.32 bits per heavy atom. The second kappa shape index (κ2) is 4.69. The van der Waals surface area contributed by atoms with E-state index in [1.54, 1.807) is 0 Å². The van der Waals surface area contributed by atoms with Crippen molar-refractivity contribution in [3.63, 3.8) is 0 Å². The number of aromatic nitrogens is 2. The summed E-state index contributed by atoms with van der Waals surface area (Å²) in [5.74, 6) is 0. The summed E-state index contributed by atoms with van der Waals surface area (Å²) in [6.45, 7) is 2.44. The van der Waals surface area contributed by atoms with Crippen LogP contribution in [0.15, 0.2) is 59.4 Å². The molecule has 0 aliphatic carbocycles. The predicted molar refractivity (Wildman–Crippen MR) is 76.3 cm³/mol. The number of benzene rings is 2. The van der Waals surface area contributed by atoms with Crippen molar-refractivity contribution in [1.29, 1.82) is 0 Å². The summed E-state index contributed by atoms with van der Waals surface area (Å²) in [4.78, 5) is 12.4. The van der Waals surface area contributed by atoms with Gasteiger partial charge >= 0.3 is 0 Å². The molecule has 0 aliphatic heterocycles. The maximum atomic E-state index is 12.4. The number of fused-ring (bicyclic) bond motifs is 1. The first-order valence-corrected chi connectivity index (χ1v) is 6.26. The Bertz CT molecular complexity index is 776. The molecule has 0 amide bonds. The van der Waals surface area contributed by atoms with Gasteiger partial charge in [0.05, 0.1) is 17.6 Å². The molecule has 19 heavy (non-hydrogen) atoms. The molecule has 0 saturated heterocycles. The molecule has 0 radical (unpaired) electrons. The molecule has 3 aromatic rings. The van der Waals surface area contributed by atoms with Gasteiger partial charge in [-0.05, 0) is 18.6 Å². The minimum absolute atomic E-state index is 0.0370. The van der Waals surface area contributed by atoms with E-state index < -0.39 is 0 Å². The molecule has 0 fully saturated rings. The zero-order chi connectivity index (χ0) is 13.2. The van der Waals surface area contributed by atoms with Gasteiger partial charge in [-0.25, -0.2) is 4.68 Å². The lowest BCUT2D eigenvalue weighted by atomic mass is 10.1. The Hall–Kier alpha value is -2.42. The molecule has 94 valence electrons. The highest BCUT2D eigenvalue weighted by Gasteiger charge is 2.07. The van der Waals surface area contributed by atoms with E-state index in [1.807, 2.05) is 61.5 Å². The van der Waals surface area contributed by atoms with E-state index in [1.165, 1.54) is 4.68 Å². The van der Waals surface area contributed by atoms with Crippen molar-refractivity contribution in [3.05, 3.63) is 76.2 Å². The highest BCUT2D eigenvalue weighted by molar-refractivity contribution is 5.83. The third-order valence-corrected chi connectivity index (χ3v) is 3.23. The average Bonchev–Trinajstić information content (AvgIpc) is 2.46. The molecule has 0 bridgehead atoms. The third kappa shape index (κ3) is 2.15. The summed E-state index contributed by atoms with van der Waals surface area (Å²) >= 11 is 0. The van der Waals surface area contributed by atoms with Crippen LogP contribution in [0, 0.1) is 6.92 Å². The van der Waals surface area contributed by atoms with Gasteiger partial charge in [0.2, 0.25) is 0 Å². The van der Waals surface area contributed by atoms with Crippen LogP contribution in [-0.4, -0.2) is 9.78 Å². The second-order valence-corrected chi connectivity index (χ2v) is 4.58. The first kappa shape index (κ1) is 11.7. The van der Waals surface area contributed by atoms with Crippen LogP contribution >= 0.6 is 0 Å². The van der Waals surface area contributed by atoms with Gasteiger partial charge in [0, 0.05) is 5.39 Å². The minimum Gasteiger partial charge on any atom is -0.267 e. The number of nitrogens with zero attached hydrogens (tertiary/aromatic N) is 2. The van der Waals surface area contributed by atoms with Crippen LogP contribution in [-0.2, 0) is 6.54 Å². The molecular formula is C16H14N2O. The molecule has 0 N–H and O–H groups in total. The Kier molecular flexibility index (Phi) is 2.88. The van der Waals surface area contributed by atoms with Crippen LogP contribution in [0.5, 0.6) is 0 Å². The zero-order valence-electron chi connectivity index (χ0n) is 10.7. The molecule has 2 aromatic carbocycles. The van der Waals surface area contributed by atoms with Gasteiger partial charge in [-0.1, -0.05) is 48.5 Å². The average molecular weight is 250 g/mol. The predicted octanol–water partition coefficient (Wildman–Crippen LogP) is 2.75. The summed E-state index contributed by atoms with van der Waals surface area (Å²) < 4.78 is 1.53. The van der Waals surface area contributed by atoms with Crippen molar-refractivity contribution >= 4 is 10.8 Å². The van der Waals surface area contributed by atoms with Crippen LogP contribution in [0.3, 0.4) is 0 Å². The summed E-state index contributed by atoms with van der Waals surface area (Å²) in [6, 6.07) is 17.5. The molecule has 0 aliphatic rings. The fourth-order valence-electron chi connectivity index (χ4n) is 2.27. The lowest BCUT2D eigenvalue weighted by Gasteiger charge is -2.08. The molecule has 1 aromatic heterocycles. The van der Waals surface area contributed by atoms with E-state index in [0.29, 0.717) is 6.54 Å². The Morgan fingerprint density at radius 1 is 0.947 bits per heavy atom. The van der Waals surface area contributed by atoms with Gasteiger partial charge in [-0.15, -0.1) is 0 Å². The smallest absolute Gasteiger partial charge is 0.267 e. The van der Waals surface area contributed by atoms with E-state index in [2.05, 4.69) is 5.10 Å². The first-order chi connectivity index (χ1) is 9.25. The Labute approximate surface area is 111 Å². The van der Waals surface area contributed by atoms with Crippen LogP contribution < -0.4 is 5.56 Å². The van der Waals surface area contributed by atoms with Gasteiger partial charge < -0.3 is 0 Å². The fourth-order valence-corrected chi connectivity index (χ4v) is 2.27. The van der Waals surface area contributed by atoms with Crippen molar-refractivity contribution in [1.82, 2.24) is 9.78 Å². The van der Waals surface area contributed by atoms with Crippen molar-refractivity contribution in [2.24, 2.45) is 0 Å². The van der Waals surface area contributed by atoms with E-state index in [9.17, 15) is 4.79 Å². The van der Waals surface area contributed by atoms with Crippen LogP contribution in [0.25, 0.3) is 10.8 Å². The van der Waals surface area contributed by atoms with Crippen molar-refractivity contribution in [2.75, 3.05) is 0 Å². The molecule has 0 spiro atoms. The molecule has 1 heterocycles. The standard InChI is InChI=1S/C16H14N2O/c1-12-14-9-5-6-10-15(14)16(19)18(17-12)11-13-7-3-2-4-8-13/h2-10H,11H2,1H3. The lowest BCUT2D eigenvalue weighted by Crippen LogP contribution is -2.24. The molecular weight excluding hydrogens is 236 g/mol. The highest BCUT2D eigenvalue weighted by atomic mass is 16.1. The third-order valence-electron chi connectivity index (χ3n) is 3.23. The molecule has 0 unspecified atom stereocenters. The van der Waals surface area contributed by atoms with E-state index >= 15 is 0 Å². The fraction of sp³-hybridized carbons (Fsp3) is 0.125. The maximum Gasteiger partial charge on any atom is 0.274 e. The van der Waals surface area contributed by atoms with Gasteiger partial charge in [0.25, 0.3) is 5.56 Å². The van der Waals surface area contributed by atoms with Gasteiger partial charge in [0.15, 0.2) is 0 Å². The van der Waals surface area contributed by atoms with Crippen molar-refractivity contribution in [3.8, 4) is 0 Å². The van der Waals surface area contributed by atoms with Gasteiger partial charge in [-0.2, -0.15) is 5.10 Å².